The summed E-state index contributed by atoms with van der Waals surface area (Å²) in [6.07, 6.45) is 0.0278. The molecule has 1 heterocycles. The highest BCUT2D eigenvalue weighted by molar-refractivity contribution is 9.10. The Balaban J connectivity index is 3.46. The van der Waals surface area contributed by atoms with Crippen molar-refractivity contribution in [2.45, 2.75) is 13.8 Å². The average Bonchev–Trinajstić information content (AvgIpc) is 1.97. The lowest BCUT2D eigenvalue weighted by Gasteiger charge is -1.98. The number of nitrogens with zero attached hydrogens (tertiary/aromatic N) is 1. The Morgan fingerprint density at radius 3 is 3.00 bits per heavy atom. The Labute approximate surface area is 66.1 Å². The Morgan fingerprint density at radius 2 is 2.33 bits per heavy atom. The van der Waals surface area contributed by atoms with Gasteiger partial charge in [0.1, 0.15) is 0 Å². The molecule has 0 saturated heterocycles. The molecule has 0 aliphatic rings. The molecule has 1 rings (SSSR count). The lowest BCUT2D eigenvalue weighted by Crippen LogP contribution is -1.84. The molecule has 2 heteroatoms. The zero-order chi connectivity index (χ0) is 8.59. The van der Waals surface area contributed by atoms with Crippen LogP contribution < -0.4 is 0 Å². The molecule has 1 aromatic rings. The van der Waals surface area contributed by atoms with Crippen molar-refractivity contribution in [2.75, 3.05) is 0 Å². The van der Waals surface area contributed by atoms with Gasteiger partial charge in [-0.1, -0.05) is 15.9 Å². The fourth-order valence-corrected chi connectivity index (χ4v) is 0.873. The van der Waals surface area contributed by atoms with Crippen LogP contribution in [0.15, 0.2) is 16.7 Å². The molecule has 0 saturated carbocycles. The Morgan fingerprint density at radius 1 is 1.67 bits per heavy atom. The van der Waals surface area contributed by atoms with Crippen molar-refractivity contribution in [1.29, 1.82) is 0 Å². The van der Waals surface area contributed by atoms with Gasteiger partial charge in [0.05, 0.1) is 2.74 Å². The van der Waals surface area contributed by atoms with Gasteiger partial charge >= 0.3 is 0 Å². The number of pyridine rings is 1. The smallest absolute Gasteiger partial charge is 0.0840 e. The van der Waals surface area contributed by atoms with Gasteiger partial charge in [-0.3, -0.25) is 4.98 Å². The van der Waals surface area contributed by atoms with Crippen LogP contribution in [0.1, 0.15) is 14.0 Å². The van der Waals surface area contributed by atoms with Crippen molar-refractivity contribution in [3.8, 4) is 0 Å². The number of halogens is 1. The molecule has 0 radical (unpaired) electrons. The summed E-state index contributed by atoms with van der Waals surface area (Å²) < 4.78 is 15.3. The molecular weight excluding hydrogens is 178 g/mol. The van der Waals surface area contributed by atoms with E-state index in [4.69, 9.17) is 2.74 Å². The first-order valence-corrected chi connectivity index (χ1v) is 3.43. The normalized spacial score (nSPS) is 12.8. The molecule has 0 aliphatic carbocycles. The number of rotatable bonds is 0. The van der Waals surface area contributed by atoms with Crippen LogP contribution in [0.25, 0.3) is 0 Å². The highest BCUT2D eigenvalue weighted by atomic mass is 79.9. The lowest BCUT2D eigenvalue weighted by molar-refractivity contribution is 1.14. The molecule has 0 fully saturated rings. The van der Waals surface area contributed by atoms with E-state index in [1.807, 2.05) is 13.8 Å². The molecule has 0 bridgehead atoms. The van der Waals surface area contributed by atoms with Crippen LogP contribution in [-0.4, -0.2) is 4.98 Å². The molecule has 0 aromatic carbocycles. The summed E-state index contributed by atoms with van der Waals surface area (Å²) in [5.74, 6) is 0. The van der Waals surface area contributed by atoms with Crippen molar-refractivity contribution >= 4 is 15.9 Å². The van der Waals surface area contributed by atoms with Crippen LogP contribution in [0.3, 0.4) is 0 Å². The predicted octanol–water partition coefficient (Wildman–Crippen LogP) is 2.46. The van der Waals surface area contributed by atoms with E-state index in [0.717, 1.165) is 11.3 Å². The first-order valence-electron chi connectivity index (χ1n) is 3.64. The molecule has 1 aromatic heterocycles. The van der Waals surface area contributed by atoms with Crippen LogP contribution in [0.4, 0.5) is 0 Å². The van der Waals surface area contributed by atoms with Crippen molar-refractivity contribution in [3.63, 3.8) is 0 Å². The van der Waals surface area contributed by atoms with Crippen LogP contribution in [0.5, 0.6) is 0 Å². The molecule has 1 nitrogen and oxygen atoms in total. The van der Waals surface area contributed by atoms with Gasteiger partial charge in [-0.2, -0.15) is 0 Å². The summed E-state index contributed by atoms with van der Waals surface area (Å²) in [7, 11) is 0. The summed E-state index contributed by atoms with van der Waals surface area (Å²) in [6.45, 7) is 3.71. The second-order valence-corrected chi connectivity index (χ2v) is 2.67. The average molecular weight is 188 g/mol. The zero-order valence-corrected chi connectivity index (χ0v) is 6.91. The Hall–Kier alpha value is -0.370. The third-order valence-electron chi connectivity index (χ3n) is 1.26. The SMILES string of the molecule is [2H]c1nc(C)c(C)c(Br)c1[2H]. The number of hydrogen-bond donors (Lipinski definition) is 0. The van der Waals surface area contributed by atoms with E-state index in [1.165, 1.54) is 0 Å². The maximum Gasteiger partial charge on any atom is 0.0840 e. The first-order chi connectivity index (χ1) is 5.04. The minimum absolute atomic E-state index is 0.0278. The summed E-state index contributed by atoms with van der Waals surface area (Å²) in [6, 6.07) is 0.160. The van der Waals surface area contributed by atoms with Crippen LogP contribution in [0.2, 0.25) is 0 Å². The molecule has 48 valence electrons. The topological polar surface area (TPSA) is 12.9 Å². The number of hydrogen-bond acceptors (Lipinski definition) is 1. The van der Waals surface area contributed by atoms with Crippen LogP contribution >= 0.6 is 15.9 Å². The van der Waals surface area contributed by atoms with Gasteiger partial charge in [0.15, 0.2) is 0 Å². The van der Waals surface area contributed by atoms with Gasteiger partial charge < -0.3 is 0 Å². The molecular formula is C7H8BrN. The van der Waals surface area contributed by atoms with E-state index < -0.39 is 0 Å². The van der Waals surface area contributed by atoms with Gasteiger partial charge in [0.2, 0.25) is 0 Å². The monoisotopic (exact) mass is 187 g/mol. The van der Waals surface area contributed by atoms with E-state index in [9.17, 15) is 0 Å². The highest BCUT2D eigenvalue weighted by Crippen LogP contribution is 2.15. The van der Waals surface area contributed by atoms with Crippen molar-refractivity contribution in [1.82, 2.24) is 4.98 Å². The molecule has 0 atom stereocenters. The van der Waals surface area contributed by atoms with Gasteiger partial charge in [-0.25, -0.2) is 0 Å². The van der Waals surface area contributed by atoms with E-state index in [-0.39, 0.29) is 12.2 Å². The second kappa shape index (κ2) is 2.48. The number of aromatic nitrogens is 1. The Bertz CT molecular complexity index is 273. The maximum atomic E-state index is 7.38. The molecule has 0 amide bonds. The van der Waals surface area contributed by atoms with Crippen molar-refractivity contribution in [2.24, 2.45) is 0 Å². The molecule has 0 spiro atoms. The summed E-state index contributed by atoms with van der Waals surface area (Å²) in [5.41, 5.74) is 1.74. The quantitative estimate of drug-likeness (QED) is 0.609. The lowest BCUT2D eigenvalue weighted by atomic mass is 10.2. The summed E-state index contributed by atoms with van der Waals surface area (Å²) in [5, 5.41) is 0. The fraction of sp³-hybridized carbons (Fsp3) is 0.286. The first kappa shape index (κ1) is 4.45. The molecule has 0 aliphatic heterocycles. The third-order valence-corrected chi connectivity index (χ3v) is 2.05. The molecule has 0 unspecified atom stereocenters. The zero-order valence-electron chi connectivity index (χ0n) is 7.33. The van der Waals surface area contributed by atoms with Gasteiger partial charge in [0.25, 0.3) is 0 Å². The molecule has 9 heavy (non-hydrogen) atoms. The van der Waals surface area contributed by atoms with Crippen molar-refractivity contribution < 1.29 is 2.74 Å². The summed E-state index contributed by atoms with van der Waals surface area (Å²) in [4.78, 5) is 3.88. The summed E-state index contributed by atoms with van der Waals surface area (Å²) >= 11 is 3.23. The van der Waals surface area contributed by atoms with E-state index in [0.29, 0.717) is 4.47 Å². The minimum atomic E-state index is 0.0278. The third kappa shape index (κ3) is 1.30. The van der Waals surface area contributed by atoms with Gasteiger partial charge in [-0.05, 0) is 25.5 Å². The minimum Gasteiger partial charge on any atom is -0.261 e. The van der Waals surface area contributed by atoms with Gasteiger partial charge in [0, 0.05) is 16.3 Å². The van der Waals surface area contributed by atoms with E-state index in [1.54, 1.807) is 0 Å². The maximum absolute atomic E-state index is 7.38. The Kier molecular flexibility index (Phi) is 1.23. The van der Waals surface area contributed by atoms with E-state index >= 15 is 0 Å². The van der Waals surface area contributed by atoms with E-state index in [2.05, 4.69) is 20.9 Å². The standard InChI is InChI=1S/C7H8BrN/c1-5-6(2)9-4-3-7(5)8/h3-4H,1-2H3/i3D,4D. The number of aryl methyl sites for hydroxylation is 1. The molecule has 0 N–H and O–H groups in total. The fourth-order valence-electron chi connectivity index (χ4n) is 0.497. The van der Waals surface area contributed by atoms with Crippen molar-refractivity contribution in [3.05, 3.63) is 27.9 Å². The van der Waals surface area contributed by atoms with Crippen LogP contribution in [-0.2, 0) is 0 Å². The second-order valence-electron chi connectivity index (χ2n) is 1.87. The predicted molar refractivity (Wildman–Crippen MR) is 41.4 cm³/mol. The largest absolute Gasteiger partial charge is 0.261 e. The highest BCUT2D eigenvalue weighted by Gasteiger charge is 1.95. The van der Waals surface area contributed by atoms with Gasteiger partial charge in [-0.15, -0.1) is 0 Å². The van der Waals surface area contributed by atoms with Crippen LogP contribution in [0, 0.1) is 13.8 Å².